The summed E-state index contributed by atoms with van der Waals surface area (Å²) >= 11 is 0. The van der Waals surface area contributed by atoms with Crippen molar-refractivity contribution in [3.8, 4) is 0 Å². The number of hydrogen-bond acceptors (Lipinski definition) is 3. The highest BCUT2D eigenvalue weighted by Gasteiger charge is 2.09. The molecule has 0 aliphatic carbocycles. The van der Waals surface area contributed by atoms with Crippen molar-refractivity contribution in [1.29, 1.82) is 0 Å². The largest absolute Gasteiger partial charge is 0.387 e. The third-order valence-corrected chi connectivity index (χ3v) is 4.15. The third kappa shape index (κ3) is 5.48. The quantitative estimate of drug-likeness (QED) is 0.699. The molecule has 0 radical (unpaired) electrons. The fourth-order valence-electron chi connectivity index (χ4n) is 2.56. The Morgan fingerprint density at radius 2 is 1.75 bits per heavy atom. The van der Waals surface area contributed by atoms with Crippen LogP contribution in [0.25, 0.3) is 0 Å². The van der Waals surface area contributed by atoms with Crippen LogP contribution in [0.15, 0.2) is 54.6 Å². The van der Waals surface area contributed by atoms with E-state index < -0.39 is 6.10 Å². The van der Waals surface area contributed by atoms with Gasteiger partial charge in [-0.25, -0.2) is 0 Å². The van der Waals surface area contributed by atoms with E-state index in [4.69, 9.17) is 0 Å². The SMILES string of the molecule is CNC(=O)c1ccc(CC[C@@H](C)NCC(O)c2ccccc2)cc1. The van der Waals surface area contributed by atoms with Gasteiger partial charge in [0.05, 0.1) is 6.10 Å². The molecule has 0 bridgehead atoms. The predicted octanol–water partition coefficient (Wildman–Crippen LogP) is 2.69. The number of rotatable bonds is 8. The van der Waals surface area contributed by atoms with Gasteiger partial charge in [-0.15, -0.1) is 0 Å². The van der Waals surface area contributed by atoms with Crippen LogP contribution in [-0.2, 0) is 6.42 Å². The van der Waals surface area contributed by atoms with E-state index in [-0.39, 0.29) is 5.91 Å². The maximum atomic E-state index is 11.5. The lowest BCUT2D eigenvalue weighted by atomic mass is 10.0. The summed E-state index contributed by atoms with van der Waals surface area (Å²) in [5.41, 5.74) is 2.82. The molecule has 2 aromatic carbocycles. The average molecular weight is 326 g/mol. The summed E-state index contributed by atoms with van der Waals surface area (Å²) in [7, 11) is 1.63. The smallest absolute Gasteiger partial charge is 0.251 e. The van der Waals surface area contributed by atoms with E-state index in [0.29, 0.717) is 18.2 Å². The minimum atomic E-state index is -0.486. The molecule has 0 aromatic heterocycles. The Balaban J connectivity index is 1.75. The van der Waals surface area contributed by atoms with Crippen molar-refractivity contribution in [2.45, 2.75) is 31.9 Å². The molecule has 2 atom stereocenters. The lowest BCUT2D eigenvalue weighted by Crippen LogP contribution is -2.30. The number of carbonyl (C=O) groups is 1. The molecule has 1 amide bonds. The molecule has 24 heavy (non-hydrogen) atoms. The van der Waals surface area contributed by atoms with E-state index in [1.165, 1.54) is 5.56 Å². The zero-order chi connectivity index (χ0) is 17.4. The van der Waals surface area contributed by atoms with Gasteiger partial charge in [0, 0.05) is 25.2 Å². The molecule has 4 nitrogen and oxygen atoms in total. The van der Waals surface area contributed by atoms with Crippen molar-refractivity contribution in [1.82, 2.24) is 10.6 Å². The molecule has 0 aliphatic rings. The number of aliphatic hydroxyl groups excluding tert-OH is 1. The van der Waals surface area contributed by atoms with Gasteiger partial charge in [0.25, 0.3) is 5.91 Å². The predicted molar refractivity (Wildman–Crippen MR) is 97.0 cm³/mol. The minimum Gasteiger partial charge on any atom is -0.387 e. The molecule has 0 saturated heterocycles. The lowest BCUT2D eigenvalue weighted by Gasteiger charge is -2.17. The zero-order valence-electron chi connectivity index (χ0n) is 14.3. The second-order valence-electron chi connectivity index (χ2n) is 6.05. The third-order valence-electron chi connectivity index (χ3n) is 4.15. The van der Waals surface area contributed by atoms with Gasteiger partial charge in [-0.1, -0.05) is 42.5 Å². The number of benzene rings is 2. The number of aryl methyl sites for hydroxylation is 1. The highest BCUT2D eigenvalue weighted by atomic mass is 16.3. The Morgan fingerprint density at radius 1 is 1.08 bits per heavy atom. The zero-order valence-corrected chi connectivity index (χ0v) is 14.3. The summed E-state index contributed by atoms with van der Waals surface area (Å²) in [6.45, 7) is 2.66. The van der Waals surface area contributed by atoms with Crippen molar-refractivity contribution in [3.05, 3.63) is 71.3 Å². The van der Waals surface area contributed by atoms with Crippen LogP contribution in [0.5, 0.6) is 0 Å². The van der Waals surface area contributed by atoms with Gasteiger partial charge in [-0.05, 0) is 43.0 Å². The van der Waals surface area contributed by atoms with Gasteiger partial charge in [0.15, 0.2) is 0 Å². The van der Waals surface area contributed by atoms with Crippen LogP contribution in [0.2, 0.25) is 0 Å². The first kappa shape index (κ1) is 18.2. The molecule has 1 unspecified atom stereocenters. The molecule has 2 aromatic rings. The summed E-state index contributed by atoms with van der Waals surface area (Å²) in [5.74, 6) is -0.0634. The summed E-state index contributed by atoms with van der Waals surface area (Å²) in [5, 5.41) is 16.2. The monoisotopic (exact) mass is 326 g/mol. The second kappa shape index (κ2) is 9.21. The highest BCUT2D eigenvalue weighted by Crippen LogP contribution is 2.12. The van der Waals surface area contributed by atoms with Crippen LogP contribution in [0.4, 0.5) is 0 Å². The Morgan fingerprint density at radius 3 is 2.38 bits per heavy atom. The maximum absolute atomic E-state index is 11.5. The molecular weight excluding hydrogens is 300 g/mol. The minimum absolute atomic E-state index is 0.0634. The van der Waals surface area contributed by atoms with E-state index in [1.54, 1.807) is 7.05 Å². The molecule has 4 heteroatoms. The van der Waals surface area contributed by atoms with E-state index in [1.807, 2.05) is 54.6 Å². The summed E-state index contributed by atoms with van der Waals surface area (Å²) in [6, 6.07) is 17.7. The Bertz CT molecular complexity index is 626. The van der Waals surface area contributed by atoms with Crippen LogP contribution in [-0.4, -0.2) is 30.6 Å². The Hall–Kier alpha value is -2.17. The first-order valence-electron chi connectivity index (χ1n) is 8.37. The molecule has 3 N–H and O–H groups in total. The van der Waals surface area contributed by atoms with Crippen molar-refractivity contribution in [3.63, 3.8) is 0 Å². The fourth-order valence-corrected chi connectivity index (χ4v) is 2.56. The normalized spacial score (nSPS) is 13.3. The van der Waals surface area contributed by atoms with Crippen LogP contribution >= 0.6 is 0 Å². The number of aliphatic hydroxyl groups is 1. The van der Waals surface area contributed by atoms with Crippen molar-refractivity contribution >= 4 is 5.91 Å². The molecule has 0 saturated carbocycles. The van der Waals surface area contributed by atoms with Gasteiger partial charge in [0.1, 0.15) is 0 Å². The van der Waals surface area contributed by atoms with Crippen LogP contribution in [0.3, 0.4) is 0 Å². The van der Waals surface area contributed by atoms with Gasteiger partial charge < -0.3 is 15.7 Å². The maximum Gasteiger partial charge on any atom is 0.251 e. The van der Waals surface area contributed by atoms with E-state index in [0.717, 1.165) is 18.4 Å². The van der Waals surface area contributed by atoms with Crippen molar-refractivity contribution in [2.24, 2.45) is 0 Å². The fraction of sp³-hybridized carbons (Fsp3) is 0.350. The van der Waals surface area contributed by atoms with Crippen LogP contribution in [0.1, 0.15) is 40.9 Å². The molecule has 2 rings (SSSR count). The van der Waals surface area contributed by atoms with Crippen molar-refractivity contribution in [2.75, 3.05) is 13.6 Å². The van der Waals surface area contributed by atoms with Gasteiger partial charge >= 0.3 is 0 Å². The number of nitrogens with one attached hydrogen (secondary N) is 2. The van der Waals surface area contributed by atoms with Gasteiger partial charge in [-0.2, -0.15) is 0 Å². The van der Waals surface area contributed by atoms with Gasteiger partial charge in [-0.3, -0.25) is 4.79 Å². The molecule has 128 valence electrons. The molecule has 0 aliphatic heterocycles. The summed E-state index contributed by atoms with van der Waals surface area (Å²) < 4.78 is 0. The molecule has 0 fully saturated rings. The first-order valence-corrected chi connectivity index (χ1v) is 8.37. The van der Waals surface area contributed by atoms with Crippen LogP contribution in [0, 0.1) is 0 Å². The molecule has 0 spiro atoms. The molecule has 0 heterocycles. The summed E-state index contributed by atoms with van der Waals surface area (Å²) in [4.78, 5) is 11.5. The number of hydrogen-bond donors (Lipinski definition) is 3. The lowest BCUT2D eigenvalue weighted by molar-refractivity contribution is 0.0963. The first-order chi connectivity index (χ1) is 11.6. The standard InChI is InChI=1S/C20H26N2O2/c1-15(22-14-19(23)17-6-4-3-5-7-17)8-9-16-10-12-18(13-11-16)20(24)21-2/h3-7,10-13,15,19,22-23H,8-9,14H2,1-2H3,(H,21,24)/t15-,19?/m1/s1. The number of carbonyl (C=O) groups excluding carboxylic acids is 1. The van der Waals surface area contributed by atoms with Crippen LogP contribution < -0.4 is 10.6 Å². The van der Waals surface area contributed by atoms with Gasteiger partial charge in [0.2, 0.25) is 0 Å². The highest BCUT2D eigenvalue weighted by molar-refractivity contribution is 5.93. The number of amides is 1. The Labute approximate surface area is 143 Å². The van der Waals surface area contributed by atoms with Crippen molar-refractivity contribution < 1.29 is 9.90 Å². The Kier molecular flexibility index (Phi) is 6.97. The van der Waals surface area contributed by atoms with E-state index in [2.05, 4.69) is 17.6 Å². The topological polar surface area (TPSA) is 61.4 Å². The second-order valence-corrected chi connectivity index (χ2v) is 6.05. The van der Waals surface area contributed by atoms with E-state index >= 15 is 0 Å². The summed E-state index contributed by atoms with van der Waals surface area (Å²) in [6.07, 6.45) is 1.42. The molecular formula is C20H26N2O2. The average Bonchev–Trinajstić information content (AvgIpc) is 2.64. The van der Waals surface area contributed by atoms with E-state index in [9.17, 15) is 9.90 Å².